The monoisotopic (exact) mass is 221 g/mol. The lowest BCUT2D eigenvalue weighted by Gasteiger charge is -2.04. The Kier molecular flexibility index (Phi) is 2.55. The largest absolute Gasteiger partial charge is 0.394 e. The van der Waals surface area contributed by atoms with Crippen LogP contribution in [0.5, 0.6) is 0 Å². The summed E-state index contributed by atoms with van der Waals surface area (Å²) in [5.41, 5.74) is 8.23. The van der Waals surface area contributed by atoms with E-state index in [2.05, 4.69) is 15.6 Å². The predicted molar refractivity (Wildman–Crippen MR) is 60.9 cm³/mol. The Balaban J connectivity index is 2.10. The van der Waals surface area contributed by atoms with E-state index >= 15 is 0 Å². The molecule has 0 unspecified atom stereocenters. The van der Waals surface area contributed by atoms with Crippen molar-refractivity contribution in [3.8, 4) is 0 Å². The van der Waals surface area contributed by atoms with Gasteiger partial charge in [0.25, 0.3) is 0 Å². The highest BCUT2D eigenvalue weighted by Gasteiger charge is 2.10. The van der Waals surface area contributed by atoms with Crippen LogP contribution in [0.2, 0.25) is 0 Å². The molecule has 0 atom stereocenters. The number of rotatable bonds is 3. The first kappa shape index (κ1) is 10.5. The molecular formula is C10H15N5O. The molecule has 0 aliphatic heterocycles. The summed E-state index contributed by atoms with van der Waals surface area (Å²) >= 11 is 0. The number of nitrogen functional groups attached to an aromatic ring is 1. The molecular weight excluding hydrogens is 206 g/mol. The van der Waals surface area contributed by atoms with Crippen molar-refractivity contribution in [2.24, 2.45) is 7.05 Å². The summed E-state index contributed by atoms with van der Waals surface area (Å²) in [6.07, 6.45) is 0. The fourth-order valence-corrected chi connectivity index (χ4v) is 1.55. The minimum absolute atomic E-state index is 0.546. The molecule has 0 saturated carbocycles. The van der Waals surface area contributed by atoms with Crippen LogP contribution in [0.4, 0.5) is 11.5 Å². The van der Waals surface area contributed by atoms with Gasteiger partial charge in [0, 0.05) is 13.1 Å². The Labute approximate surface area is 93.4 Å². The lowest BCUT2D eigenvalue weighted by atomic mass is 10.3. The van der Waals surface area contributed by atoms with Crippen LogP contribution in [-0.2, 0) is 13.6 Å². The zero-order valence-corrected chi connectivity index (χ0v) is 9.61. The first-order valence-electron chi connectivity index (χ1n) is 5.03. The molecule has 0 amide bonds. The maximum absolute atomic E-state index is 5.88. The third-order valence-corrected chi connectivity index (χ3v) is 2.38. The highest BCUT2D eigenvalue weighted by molar-refractivity contribution is 5.64. The van der Waals surface area contributed by atoms with Crippen molar-refractivity contribution >= 4 is 11.5 Å². The van der Waals surface area contributed by atoms with Gasteiger partial charge in [-0.25, -0.2) is 0 Å². The maximum atomic E-state index is 5.88. The summed E-state index contributed by atoms with van der Waals surface area (Å²) in [6, 6.07) is 1.88. The normalized spacial score (nSPS) is 10.7. The number of hydrogen-bond donors (Lipinski definition) is 2. The smallest absolute Gasteiger partial charge is 0.156 e. The van der Waals surface area contributed by atoms with Gasteiger partial charge in [0.1, 0.15) is 5.82 Å². The molecule has 0 bridgehead atoms. The van der Waals surface area contributed by atoms with Gasteiger partial charge in [-0.15, -0.1) is 0 Å². The van der Waals surface area contributed by atoms with E-state index in [1.54, 1.807) is 4.68 Å². The van der Waals surface area contributed by atoms with Gasteiger partial charge in [-0.2, -0.15) is 5.10 Å². The van der Waals surface area contributed by atoms with Crippen molar-refractivity contribution in [1.82, 2.24) is 14.9 Å². The van der Waals surface area contributed by atoms with E-state index in [0.29, 0.717) is 12.2 Å². The fourth-order valence-electron chi connectivity index (χ4n) is 1.55. The number of aryl methyl sites for hydroxylation is 3. The average molecular weight is 221 g/mol. The Hall–Kier alpha value is -1.98. The van der Waals surface area contributed by atoms with E-state index in [9.17, 15) is 0 Å². The Morgan fingerprint density at radius 3 is 2.75 bits per heavy atom. The molecule has 2 aromatic rings. The molecule has 0 aliphatic rings. The van der Waals surface area contributed by atoms with Crippen molar-refractivity contribution in [2.75, 3.05) is 11.1 Å². The van der Waals surface area contributed by atoms with Gasteiger partial charge >= 0.3 is 0 Å². The van der Waals surface area contributed by atoms with E-state index < -0.39 is 0 Å². The van der Waals surface area contributed by atoms with Crippen LogP contribution < -0.4 is 11.1 Å². The zero-order valence-electron chi connectivity index (χ0n) is 9.61. The number of nitrogens with one attached hydrogen (secondary N) is 1. The summed E-state index contributed by atoms with van der Waals surface area (Å²) in [4.78, 5) is 0. The number of anilines is 2. The lowest BCUT2D eigenvalue weighted by molar-refractivity contribution is 0.384. The first-order valence-corrected chi connectivity index (χ1v) is 5.03. The summed E-state index contributed by atoms with van der Waals surface area (Å²) in [5, 5.41) is 11.2. The van der Waals surface area contributed by atoms with Gasteiger partial charge < -0.3 is 15.6 Å². The van der Waals surface area contributed by atoms with Gasteiger partial charge in [-0.05, 0) is 13.8 Å². The SMILES string of the molecule is Cc1cc(CNc2c(N)c(C)nn2C)on1. The van der Waals surface area contributed by atoms with Crippen LogP contribution in [0.1, 0.15) is 17.1 Å². The van der Waals surface area contributed by atoms with E-state index in [4.69, 9.17) is 10.3 Å². The second-order valence-electron chi connectivity index (χ2n) is 3.76. The Morgan fingerprint density at radius 2 is 2.25 bits per heavy atom. The molecule has 0 aromatic carbocycles. The Morgan fingerprint density at radius 1 is 1.50 bits per heavy atom. The molecule has 2 heterocycles. The third kappa shape index (κ3) is 1.86. The second-order valence-corrected chi connectivity index (χ2v) is 3.76. The summed E-state index contributed by atoms with van der Waals surface area (Å²) in [6.45, 7) is 4.30. The van der Waals surface area contributed by atoms with Gasteiger partial charge in [0.15, 0.2) is 5.76 Å². The van der Waals surface area contributed by atoms with Gasteiger partial charge in [-0.3, -0.25) is 4.68 Å². The van der Waals surface area contributed by atoms with Crippen LogP contribution in [0.25, 0.3) is 0 Å². The molecule has 2 rings (SSSR count). The number of nitrogens with two attached hydrogens (primary N) is 1. The molecule has 3 N–H and O–H groups in total. The molecule has 0 radical (unpaired) electrons. The van der Waals surface area contributed by atoms with Crippen molar-refractivity contribution < 1.29 is 4.52 Å². The molecule has 0 spiro atoms. The van der Waals surface area contributed by atoms with Gasteiger partial charge in [0.05, 0.1) is 23.6 Å². The molecule has 2 aromatic heterocycles. The molecule has 0 aliphatic carbocycles. The van der Waals surface area contributed by atoms with Crippen molar-refractivity contribution in [1.29, 1.82) is 0 Å². The minimum atomic E-state index is 0.546. The molecule has 6 heteroatoms. The minimum Gasteiger partial charge on any atom is -0.394 e. The topological polar surface area (TPSA) is 81.9 Å². The number of hydrogen-bond acceptors (Lipinski definition) is 5. The van der Waals surface area contributed by atoms with Gasteiger partial charge in [0.2, 0.25) is 0 Å². The summed E-state index contributed by atoms with van der Waals surface area (Å²) in [7, 11) is 1.84. The van der Waals surface area contributed by atoms with Crippen LogP contribution in [0.3, 0.4) is 0 Å². The molecule has 0 fully saturated rings. The van der Waals surface area contributed by atoms with E-state index in [1.807, 2.05) is 27.0 Å². The highest BCUT2D eigenvalue weighted by Crippen LogP contribution is 2.21. The van der Waals surface area contributed by atoms with E-state index in [1.165, 1.54) is 0 Å². The maximum Gasteiger partial charge on any atom is 0.156 e. The van der Waals surface area contributed by atoms with Gasteiger partial charge in [-0.1, -0.05) is 5.16 Å². The van der Waals surface area contributed by atoms with Crippen molar-refractivity contribution in [3.05, 3.63) is 23.2 Å². The van der Waals surface area contributed by atoms with Crippen molar-refractivity contribution in [2.45, 2.75) is 20.4 Å². The quantitative estimate of drug-likeness (QED) is 0.814. The van der Waals surface area contributed by atoms with Crippen molar-refractivity contribution in [3.63, 3.8) is 0 Å². The van der Waals surface area contributed by atoms with E-state index in [-0.39, 0.29) is 0 Å². The van der Waals surface area contributed by atoms with Crippen LogP contribution in [-0.4, -0.2) is 14.9 Å². The third-order valence-electron chi connectivity index (χ3n) is 2.38. The first-order chi connectivity index (χ1) is 7.58. The zero-order chi connectivity index (χ0) is 11.7. The number of aromatic nitrogens is 3. The second kappa shape index (κ2) is 3.88. The van der Waals surface area contributed by atoms with Crippen LogP contribution >= 0.6 is 0 Å². The average Bonchev–Trinajstić information content (AvgIpc) is 2.72. The summed E-state index contributed by atoms with van der Waals surface area (Å²) < 4.78 is 6.81. The highest BCUT2D eigenvalue weighted by atomic mass is 16.5. The lowest BCUT2D eigenvalue weighted by Crippen LogP contribution is -2.05. The molecule has 6 nitrogen and oxygen atoms in total. The van der Waals surface area contributed by atoms with Crippen LogP contribution in [0, 0.1) is 13.8 Å². The molecule has 0 saturated heterocycles. The Bertz CT molecular complexity index is 499. The van der Waals surface area contributed by atoms with E-state index in [0.717, 1.165) is 23.0 Å². The molecule has 16 heavy (non-hydrogen) atoms. The number of nitrogens with zero attached hydrogens (tertiary/aromatic N) is 3. The predicted octanol–water partition coefficient (Wildman–Crippen LogP) is 1.22. The summed E-state index contributed by atoms with van der Waals surface area (Å²) in [5.74, 6) is 1.57. The fraction of sp³-hybridized carbons (Fsp3) is 0.400. The standard InChI is InChI=1S/C10H15N5O/c1-6-4-8(16-14-6)5-12-10-9(11)7(2)13-15(10)3/h4,12H,5,11H2,1-3H3. The van der Waals surface area contributed by atoms with Crippen LogP contribution in [0.15, 0.2) is 10.6 Å². The molecule has 86 valence electrons.